The Kier molecular flexibility index (Phi) is 2.44. The van der Waals surface area contributed by atoms with Crippen molar-refractivity contribution in [1.82, 2.24) is 0 Å². The normalized spacial score (nSPS) is 32.6. The summed E-state index contributed by atoms with van der Waals surface area (Å²) in [6.45, 7) is 2.38. The zero-order valence-electron chi connectivity index (χ0n) is 6.47. The van der Waals surface area contributed by atoms with Crippen LogP contribution in [0.25, 0.3) is 0 Å². The molecule has 2 heteroatoms. The van der Waals surface area contributed by atoms with E-state index in [1.54, 1.807) is 0 Å². The lowest BCUT2D eigenvalue weighted by Gasteiger charge is -2.11. The monoisotopic (exact) mass is 141 g/mol. The summed E-state index contributed by atoms with van der Waals surface area (Å²) < 4.78 is 0. The van der Waals surface area contributed by atoms with Crippen molar-refractivity contribution >= 4 is 5.78 Å². The number of hydrogen-bond donors (Lipinski definition) is 1. The summed E-state index contributed by atoms with van der Waals surface area (Å²) in [5, 5.41) is 0. The van der Waals surface area contributed by atoms with Crippen LogP contribution in [0.4, 0.5) is 0 Å². The minimum atomic E-state index is 0.231. The Balaban J connectivity index is 2.46. The van der Waals surface area contributed by atoms with E-state index in [9.17, 15) is 4.79 Å². The lowest BCUT2D eigenvalue weighted by atomic mass is 9.94. The van der Waals surface area contributed by atoms with Crippen molar-refractivity contribution < 1.29 is 4.79 Å². The minimum absolute atomic E-state index is 0.231. The largest absolute Gasteiger partial charge is 0.324 e. The van der Waals surface area contributed by atoms with Crippen LogP contribution in [0.2, 0.25) is 0 Å². The molecular formula is C8H15NO. The van der Waals surface area contributed by atoms with Crippen molar-refractivity contribution in [3.05, 3.63) is 0 Å². The lowest BCUT2D eigenvalue weighted by molar-refractivity contribution is -0.122. The van der Waals surface area contributed by atoms with Gasteiger partial charge in [-0.15, -0.1) is 0 Å². The van der Waals surface area contributed by atoms with Crippen LogP contribution in [-0.4, -0.2) is 12.3 Å². The van der Waals surface area contributed by atoms with Gasteiger partial charge >= 0.3 is 0 Å². The predicted octanol–water partition coefficient (Wildman–Crippen LogP) is 0.950. The first-order chi connectivity index (χ1) is 4.75. The maximum Gasteiger partial charge on any atom is 0.149 e. The van der Waals surface area contributed by atoms with E-state index in [0.29, 0.717) is 5.92 Å². The van der Waals surface area contributed by atoms with Crippen LogP contribution < -0.4 is 5.73 Å². The van der Waals surface area contributed by atoms with E-state index in [2.05, 4.69) is 6.92 Å². The SMILES string of the molecule is CC1CCCC1C(=O)CN. The van der Waals surface area contributed by atoms with Gasteiger partial charge in [-0.3, -0.25) is 4.79 Å². The molecule has 0 bridgehead atoms. The third kappa shape index (κ3) is 1.37. The molecule has 0 amide bonds. The molecule has 0 aromatic carbocycles. The maximum atomic E-state index is 11.1. The molecular weight excluding hydrogens is 126 g/mol. The molecule has 2 nitrogen and oxygen atoms in total. The smallest absolute Gasteiger partial charge is 0.149 e. The summed E-state index contributed by atoms with van der Waals surface area (Å²) in [5.74, 6) is 1.12. The topological polar surface area (TPSA) is 43.1 Å². The standard InChI is InChI=1S/C8H15NO/c1-6-3-2-4-7(6)8(10)5-9/h6-7H,2-5,9H2,1H3. The van der Waals surface area contributed by atoms with Crippen LogP contribution in [0, 0.1) is 11.8 Å². The molecule has 10 heavy (non-hydrogen) atoms. The van der Waals surface area contributed by atoms with Crippen molar-refractivity contribution in [3.63, 3.8) is 0 Å². The molecule has 0 radical (unpaired) electrons. The number of ketones is 1. The van der Waals surface area contributed by atoms with Gasteiger partial charge in [0, 0.05) is 5.92 Å². The molecule has 0 aromatic rings. The fourth-order valence-electron chi connectivity index (χ4n) is 1.78. The Morgan fingerprint density at radius 1 is 1.60 bits per heavy atom. The van der Waals surface area contributed by atoms with Gasteiger partial charge in [0.25, 0.3) is 0 Å². The molecule has 1 saturated carbocycles. The molecule has 0 aromatic heterocycles. The second-order valence-corrected chi connectivity index (χ2v) is 3.19. The maximum absolute atomic E-state index is 11.1. The summed E-state index contributed by atoms with van der Waals surface area (Å²) in [4.78, 5) is 11.1. The molecule has 2 unspecified atom stereocenters. The highest BCUT2D eigenvalue weighted by molar-refractivity contribution is 5.83. The average Bonchev–Trinajstić information content (AvgIpc) is 2.34. The molecule has 0 heterocycles. The first-order valence-electron chi connectivity index (χ1n) is 3.98. The third-order valence-corrected chi connectivity index (χ3v) is 2.48. The van der Waals surface area contributed by atoms with Crippen LogP contribution in [0.3, 0.4) is 0 Å². The van der Waals surface area contributed by atoms with Crippen molar-refractivity contribution in [2.75, 3.05) is 6.54 Å². The lowest BCUT2D eigenvalue weighted by Crippen LogP contribution is -2.24. The van der Waals surface area contributed by atoms with Gasteiger partial charge < -0.3 is 5.73 Å². The summed E-state index contributed by atoms with van der Waals surface area (Å²) in [7, 11) is 0. The zero-order chi connectivity index (χ0) is 7.56. The van der Waals surface area contributed by atoms with E-state index in [1.165, 1.54) is 12.8 Å². The Bertz CT molecular complexity index is 133. The second kappa shape index (κ2) is 3.15. The van der Waals surface area contributed by atoms with Gasteiger partial charge in [0.1, 0.15) is 5.78 Å². The summed E-state index contributed by atoms with van der Waals surface area (Å²) in [6.07, 6.45) is 3.48. The molecule has 0 spiro atoms. The van der Waals surface area contributed by atoms with Crippen LogP contribution >= 0.6 is 0 Å². The first-order valence-corrected chi connectivity index (χ1v) is 3.98. The van der Waals surface area contributed by atoms with Crippen molar-refractivity contribution in [2.45, 2.75) is 26.2 Å². The number of carbonyl (C=O) groups excluding carboxylic acids is 1. The van der Waals surface area contributed by atoms with E-state index in [1.807, 2.05) is 0 Å². The fraction of sp³-hybridized carbons (Fsp3) is 0.875. The van der Waals surface area contributed by atoms with Crippen molar-refractivity contribution in [1.29, 1.82) is 0 Å². The third-order valence-electron chi connectivity index (χ3n) is 2.48. The first kappa shape index (κ1) is 7.73. The van der Waals surface area contributed by atoms with Crippen LogP contribution in [0.1, 0.15) is 26.2 Å². The highest BCUT2D eigenvalue weighted by atomic mass is 16.1. The van der Waals surface area contributed by atoms with Gasteiger partial charge in [0.2, 0.25) is 0 Å². The van der Waals surface area contributed by atoms with Crippen LogP contribution in [-0.2, 0) is 4.79 Å². The van der Waals surface area contributed by atoms with Gasteiger partial charge in [0.15, 0.2) is 0 Å². The van der Waals surface area contributed by atoms with E-state index in [4.69, 9.17) is 5.73 Å². The van der Waals surface area contributed by atoms with Gasteiger partial charge in [-0.2, -0.15) is 0 Å². The van der Waals surface area contributed by atoms with Gasteiger partial charge in [-0.05, 0) is 18.8 Å². The molecule has 58 valence electrons. The predicted molar refractivity (Wildman–Crippen MR) is 40.6 cm³/mol. The van der Waals surface area contributed by atoms with Crippen LogP contribution in [0.15, 0.2) is 0 Å². The average molecular weight is 141 g/mol. The molecule has 1 rings (SSSR count). The summed E-state index contributed by atoms with van der Waals surface area (Å²) >= 11 is 0. The van der Waals surface area contributed by atoms with Crippen molar-refractivity contribution in [2.24, 2.45) is 17.6 Å². The zero-order valence-corrected chi connectivity index (χ0v) is 6.47. The van der Waals surface area contributed by atoms with E-state index in [-0.39, 0.29) is 18.2 Å². The number of carbonyl (C=O) groups is 1. The number of hydrogen-bond acceptors (Lipinski definition) is 2. The number of nitrogens with two attached hydrogens (primary N) is 1. The Morgan fingerprint density at radius 2 is 2.30 bits per heavy atom. The number of rotatable bonds is 2. The summed E-state index contributed by atoms with van der Waals surface area (Å²) in [6, 6.07) is 0. The van der Waals surface area contributed by atoms with E-state index < -0.39 is 0 Å². The Labute approximate surface area is 61.8 Å². The molecule has 0 saturated heterocycles. The Morgan fingerprint density at radius 3 is 2.70 bits per heavy atom. The molecule has 2 atom stereocenters. The fourth-order valence-corrected chi connectivity index (χ4v) is 1.78. The summed E-state index contributed by atoms with van der Waals surface area (Å²) in [5.41, 5.74) is 5.26. The van der Waals surface area contributed by atoms with Gasteiger partial charge in [0.05, 0.1) is 6.54 Å². The minimum Gasteiger partial charge on any atom is -0.324 e. The van der Waals surface area contributed by atoms with Gasteiger partial charge in [-0.25, -0.2) is 0 Å². The van der Waals surface area contributed by atoms with E-state index >= 15 is 0 Å². The molecule has 0 aliphatic heterocycles. The van der Waals surface area contributed by atoms with Crippen LogP contribution in [0.5, 0.6) is 0 Å². The Hall–Kier alpha value is -0.370. The molecule has 1 aliphatic rings. The van der Waals surface area contributed by atoms with Crippen molar-refractivity contribution in [3.8, 4) is 0 Å². The molecule has 1 aliphatic carbocycles. The number of Topliss-reactive ketones (excluding diaryl/α,β-unsaturated/α-hetero) is 1. The molecule has 1 fully saturated rings. The highest BCUT2D eigenvalue weighted by Crippen LogP contribution is 2.31. The van der Waals surface area contributed by atoms with Gasteiger partial charge in [-0.1, -0.05) is 13.3 Å². The highest BCUT2D eigenvalue weighted by Gasteiger charge is 2.28. The molecule has 2 N–H and O–H groups in total. The quantitative estimate of drug-likeness (QED) is 0.622. The van der Waals surface area contributed by atoms with E-state index in [0.717, 1.165) is 6.42 Å². The second-order valence-electron chi connectivity index (χ2n) is 3.19.